The van der Waals surface area contributed by atoms with Gasteiger partial charge in [0.2, 0.25) is 11.8 Å². The van der Waals surface area contributed by atoms with Crippen molar-refractivity contribution in [2.75, 3.05) is 6.54 Å². The average molecular weight is 276 g/mol. The van der Waals surface area contributed by atoms with Gasteiger partial charge >= 0.3 is 0 Å². The van der Waals surface area contributed by atoms with Gasteiger partial charge in [0.15, 0.2) is 0 Å². The van der Waals surface area contributed by atoms with E-state index in [0.29, 0.717) is 19.0 Å². The van der Waals surface area contributed by atoms with Crippen LogP contribution in [0.3, 0.4) is 0 Å². The number of nitrogens with zero attached hydrogens (tertiary/aromatic N) is 1. The molecule has 3 aliphatic rings. The molecule has 20 heavy (non-hydrogen) atoms. The van der Waals surface area contributed by atoms with Gasteiger partial charge in [-0.3, -0.25) is 9.59 Å². The second-order valence-electron chi connectivity index (χ2n) is 6.38. The summed E-state index contributed by atoms with van der Waals surface area (Å²) in [6.07, 6.45) is 12.7. The van der Waals surface area contributed by atoms with Gasteiger partial charge in [-0.05, 0) is 32.1 Å². The lowest BCUT2D eigenvalue weighted by Gasteiger charge is -2.41. The van der Waals surface area contributed by atoms with Gasteiger partial charge in [0, 0.05) is 19.0 Å². The van der Waals surface area contributed by atoms with Crippen LogP contribution in [0.4, 0.5) is 0 Å². The fourth-order valence-electron chi connectivity index (χ4n) is 3.88. The van der Waals surface area contributed by atoms with Crippen LogP contribution in [0.2, 0.25) is 0 Å². The van der Waals surface area contributed by atoms with Crippen LogP contribution in [0.5, 0.6) is 0 Å². The lowest BCUT2D eigenvalue weighted by atomic mass is 9.80. The fraction of sp³-hybridized carbons (Fsp3) is 0.750. The third-order valence-electron chi connectivity index (χ3n) is 5.02. The summed E-state index contributed by atoms with van der Waals surface area (Å²) < 4.78 is 0. The first-order valence-corrected chi connectivity index (χ1v) is 7.98. The van der Waals surface area contributed by atoms with Crippen molar-refractivity contribution in [3.05, 3.63) is 12.2 Å². The van der Waals surface area contributed by atoms with Gasteiger partial charge in [0.25, 0.3) is 0 Å². The maximum absolute atomic E-state index is 13.1. The molecule has 0 bridgehead atoms. The zero-order valence-electron chi connectivity index (χ0n) is 12.1. The van der Waals surface area contributed by atoms with Crippen LogP contribution in [-0.2, 0) is 9.59 Å². The molecule has 0 aromatic rings. The summed E-state index contributed by atoms with van der Waals surface area (Å²) >= 11 is 0. The number of amides is 2. The standard InChI is InChI=1S/C16H24N2O2/c19-14-9-12-18(13-7-3-1-4-8-13)15(20)16(17-14)10-5-2-6-11-16/h1,3,13H,2,4-12H2,(H,17,19). The maximum atomic E-state index is 13.1. The molecule has 4 nitrogen and oxygen atoms in total. The van der Waals surface area contributed by atoms with Gasteiger partial charge in [0.05, 0.1) is 0 Å². The molecule has 3 rings (SSSR count). The average Bonchev–Trinajstić information content (AvgIpc) is 2.59. The molecule has 0 aromatic carbocycles. The third kappa shape index (κ3) is 2.48. The first kappa shape index (κ1) is 13.7. The van der Waals surface area contributed by atoms with Crippen molar-refractivity contribution in [1.29, 1.82) is 0 Å². The van der Waals surface area contributed by atoms with Gasteiger partial charge in [-0.15, -0.1) is 0 Å². The summed E-state index contributed by atoms with van der Waals surface area (Å²) in [7, 11) is 0. The number of hydrogen-bond donors (Lipinski definition) is 1. The summed E-state index contributed by atoms with van der Waals surface area (Å²) in [5, 5.41) is 3.06. The Morgan fingerprint density at radius 2 is 1.95 bits per heavy atom. The minimum atomic E-state index is -0.590. The zero-order chi connectivity index (χ0) is 14.0. The molecule has 2 aliphatic carbocycles. The van der Waals surface area contributed by atoms with Crippen LogP contribution >= 0.6 is 0 Å². The van der Waals surface area contributed by atoms with Crippen LogP contribution in [0, 0.1) is 0 Å². The molecule has 110 valence electrons. The van der Waals surface area contributed by atoms with E-state index in [4.69, 9.17) is 0 Å². The van der Waals surface area contributed by atoms with Gasteiger partial charge in [0.1, 0.15) is 5.54 Å². The number of hydrogen-bond acceptors (Lipinski definition) is 2. The SMILES string of the molecule is O=C1CCN(C2CC=CCC2)C(=O)C2(CCCCC2)N1. The van der Waals surface area contributed by atoms with Crippen molar-refractivity contribution in [2.45, 2.75) is 69.4 Å². The predicted octanol–water partition coefficient (Wildman–Crippen LogP) is 2.15. The Kier molecular flexibility index (Phi) is 3.81. The number of carbonyl (C=O) groups is 2. The molecule has 0 aromatic heterocycles. The molecule has 1 N–H and O–H groups in total. The van der Waals surface area contributed by atoms with Crippen molar-refractivity contribution in [3.8, 4) is 0 Å². The highest BCUT2D eigenvalue weighted by Gasteiger charge is 2.46. The normalized spacial score (nSPS) is 30.2. The number of nitrogens with one attached hydrogen (secondary N) is 1. The minimum absolute atomic E-state index is 0.0501. The molecular formula is C16H24N2O2. The molecule has 1 heterocycles. The van der Waals surface area contributed by atoms with Crippen LogP contribution in [-0.4, -0.2) is 34.8 Å². The Morgan fingerprint density at radius 1 is 1.15 bits per heavy atom. The highest BCUT2D eigenvalue weighted by molar-refractivity contribution is 5.93. The number of rotatable bonds is 1. The van der Waals surface area contributed by atoms with Gasteiger partial charge in [-0.1, -0.05) is 31.4 Å². The Labute approximate surface area is 120 Å². The fourth-order valence-corrected chi connectivity index (χ4v) is 3.88. The van der Waals surface area contributed by atoms with Crippen molar-refractivity contribution in [1.82, 2.24) is 10.2 Å². The Hall–Kier alpha value is -1.32. The van der Waals surface area contributed by atoms with E-state index in [-0.39, 0.29) is 11.8 Å². The molecule has 1 saturated carbocycles. The third-order valence-corrected chi connectivity index (χ3v) is 5.02. The highest BCUT2D eigenvalue weighted by atomic mass is 16.2. The number of carbonyl (C=O) groups excluding carboxylic acids is 2. The minimum Gasteiger partial charge on any atom is -0.342 e. The largest absolute Gasteiger partial charge is 0.342 e. The Bertz CT molecular complexity index is 424. The lowest BCUT2D eigenvalue weighted by Crippen LogP contribution is -2.59. The summed E-state index contributed by atoms with van der Waals surface area (Å²) in [6, 6.07) is 0.291. The van der Waals surface area contributed by atoms with Gasteiger partial charge in [-0.25, -0.2) is 0 Å². The maximum Gasteiger partial charge on any atom is 0.248 e. The van der Waals surface area contributed by atoms with Crippen molar-refractivity contribution in [2.24, 2.45) is 0 Å². The topological polar surface area (TPSA) is 49.4 Å². The van der Waals surface area contributed by atoms with E-state index >= 15 is 0 Å². The van der Waals surface area contributed by atoms with E-state index in [9.17, 15) is 9.59 Å². The van der Waals surface area contributed by atoms with E-state index in [2.05, 4.69) is 17.5 Å². The van der Waals surface area contributed by atoms with Crippen molar-refractivity contribution < 1.29 is 9.59 Å². The number of allylic oxidation sites excluding steroid dienone is 1. The molecule has 2 amide bonds. The molecule has 1 unspecified atom stereocenters. The van der Waals surface area contributed by atoms with E-state index in [1.807, 2.05) is 4.90 Å². The molecule has 2 fully saturated rings. The summed E-state index contributed by atoms with van der Waals surface area (Å²) in [5.41, 5.74) is -0.590. The summed E-state index contributed by atoms with van der Waals surface area (Å²) in [6.45, 7) is 0.588. The van der Waals surface area contributed by atoms with E-state index in [1.54, 1.807) is 0 Å². The van der Waals surface area contributed by atoms with Crippen LogP contribution in [0.25, 0.3) is 0 Å². The molecule has 1 saturated heterocycles. The van der Waals surface area contributed by atoms with E-state index < -0.39 is 5.54 Å². The van der Waals surface area contributed by atoms with Gasteiger partial charge in [-0.2, -0.15) is 0 Å². The molecule has 4 heteroatoms. The second kappa shape index (κ2) is 5.58. The zero-order valence-corrected chi connectivity index (χ0v) is 12.1. The monoisotopic (exact) mass is 276 g/mol. The molecule has 1 atom stereocenters. The lowest BCUT2D eigenvalue weighted by molar-refractivity contribution is -0.142. The van der Waals surface area contributed by atoms with Crippen molar-refractivity contribution in [3.63, 3.8) is 0 Å². The Balaban J connectivity index is 1.84. The first-order chi connectivity index (χ1) is 9.71. The second-order valence-corrected chi connectivity index (χ2v) is 6.38. The predicted molar refractivity (Wildman–Crippen MR) is 77.1 cm³/mol. The molecule has 1 spiro atoms. The van der Waals surface area contributed by atoms with Crippen LogP contribution in [0.15, 0.2) is 12.2 Å². The van der Waals surface area contributed by atoms with Crippen molar-refractivity contribution >= 4 is 11.8 Å². The molecular weight excluding hydrogens is 252 g/mol. The first-order valence-electron chi connectivity index (χ1n) is 7.98. The molecule has 0 radical (unpaired) electrons. The Morgan fingerprint density at radius 3 is 2.65 bits per heavy atom. The summed E-state index contributed by atoms with van der Waals surface area (Å²) in [5.74, 6) is 0.234. The smallest absolute Gasteiger partial charge is 0.248 e. The van der Waals surface area contributed by atoms with Crippen LogP contribution < -0.4 is 5.32 Å². The highest BCUT2D eigenvalue weighted by Crippen LogP contribution is 2.33. The quantitative estimate of drug-likeness (QED) is 0.746. The summed E-state index contributed by atoms with van der Waals surface area (Å²) in [4.78, 5) is 27.1. The van der Waals surface area contributed by atoms with Crippen LogP contribution in [0.1, 0.15) is 57.8 Å². The van der Waals surface area contributed by atoms with Gasteiger partial charge < -0.3 is 10.2 Å². The molecule has 1 aliphatic heterocycles. The van der Waals surface area contributed by atoms with E-state index in [1.165, 1.54) is 6.42 Å². The van der Waals surface area contributed by atoms with E-state index in [0.717, 1.165) is 44.9 Å².